The van der Waals surface area contributed by atoms with Crippen molar-refractivity contribution in [3.63, 3.8) is 0 Å². The maximum absolute atomic E-state index is 11.6. The first-order valence-electron chi connectivity index (χ1n) is 6.85. The van der Waals surface area contributed by atoms with Crippen LogP contribution >= 0.6 is 0 Å². The van der Waals surface area contributed by atoms with Gasteiger partial charge in [-0.15, -0.1) is 0 Å². The van der Waals surface area contributed by atoms with Crippen molar-refractivity contribution in [1.29, 1.82) is 0 Å². The molecule has 1 aromatic rings. The van der Waals surface area contributed by atoms with Gasteiger partial charge < -0.3 is 10.1 Å². The fourth-order valence-electron chi connectivity index (χ4n) is 2.50. The van der Waals surface area contributed by atoms with Crippen LogP contribution in [0.1, 0.15) is 12.8 Å². The van der Waals surface area contributed by atoms with Gasteiger partial charge in [0.05, 0.1) is 18.3 Å². The fourth-order valence-corrected chi connectivity index (χ4v) is 3.41. The summed E-state index contributed by atoms with van der Waals surface area (Å²) in [6.07, 6.45) is 2.63. The average Bonchev–Trinajstić information content (AvgIpc) is 2.46. The van der Waals surface area contributed by atoms with Gasteiger partial charge >= 0.3 is 0 Å². The molecule has 1 atom stereocenters. The third-order valence-electron chi connectivity index (χ3n) is 3.61. The Labute approximate surface area is 129 Å². The standard InChI is InChI=1S/C13H19N3O5S/c1-21-11-5-6-13(16(17)18)12(8-11)14-10-4-3-7-15(9-10)22(2,19)20/h5-6,8,10,14H,3-4,7,9H2,1-2H3/t10-/m1/s1. The molecule has 8 nitrogen and oxygen atoms in total. The average molecular weight is 329 g/mol. The highest BCUT2D eigenvalue weighted by molar-refractivity contribution is 7.88. The number of nitro benzene ring substituents is 1. The van der Waals surface area contributed by atoms with Gasteiger partial charge in [0.25, 0.3) is 5.69 Å². The van der Waals surface area contributed by atoms with Gasteiger partial charge in [0.2, 0.25) is 10.0 Å². The molecule has 1 saturated heterocycles. The zero-order chi connectivity index (χ0) is 16.3. The predicted octanol–water partition coefficient (Wildman–Crippen LogP) is 1.44. The van der Waals surface area contributed by atoms with Crippen molar-refractivity contribution in [2.45, 2.75) is 18.9 Å². The van der Waals surface area contributed by atoms with Crippen molar-refractivity contribution >= 4 is 21.4 Å². The number of ether oxygens (including phenoxy) is 1. The van der Waals surface area contributed by atoms with Gasteiger partial charge in [0, 0.05) is 31.3 Å². The van der Waals surface area contributed by atoms with Crippen LogP contribution in [0.25, 0.3) is 0 Å². The molecular formula is C13H19N3O5S. The topological polar surface area (TPSA) is 102 Å². The van der Waals surface area contributed by atoms with E-state index in [4.69, 9.17) is 4.74 Å². The number of rotatable bonds is 5. The summed E-state index contributed by atoms with van der Waals surface area (Å²) in [5, 5.41) is 14.2. The molecule has 1 fully saturated rings. The molecule has 1 aromatic carbocycles. The molecule has 0 amide bonds. The Morgan fingerprint density at radius 3 is 2.77 bits per heavy atom. The summed E-state index contributed by atoms with van der Waals surface area (Å²) in [6.45, 7) is 0.782. The highest BCUT2D eigenvalue weighted by Crippen LogP contribution is 2.30. The van der Waals surface area contributed by atoms with Gasteiger partial charge in [-0.25, -0.2) is 12.7 Å². The van der Waals surface area contributed by atoms with E-state index in [-0.39, 0.29) is 11.7 Å². The molecule has 9 heteroatoms. The number of sulfonamides is 1. The summed E-state index contributed by atoms with van der Waals surface area (Å²) >= 11 is 0. The Morgan fingerprint density at radius 1 is 1.45 bits per heavy atom. The molecule has 0 aliphatic carbocycles. The summed E-state index contributed by atoms with van der Waals surface area (Å²) in [7, 11) is -1.77. The first kappa shape index (κ1) is 16.5. The highest BCUT2D eigenvalue weighted by atomic mass is 32.2. The summed E-state index contributed by atoms with van der Waals surface area (Å²) in [5.74, 6) is 0.504. The largest absolute Gasteiger partial charge is 0.497 e. The molecule has 0 unspecified atom stereocenters. The van der Waals surface area contributed by atoms with Crippen LogP contribution in [0, 0.1) is 10.1 Å². The van der Waals surface area contributed by atoms with Crippen LogP contribution in [0.4, 0.5) is 11.4 Å². The first-order chi connectivity index (χ1) is 10.3. The van der Waals surface area contributed by atoms with Crippen molar-refractivity contribution in [2.75, 3.05) is 31.8 Å². The molecule has 0 spiro atoms. The lowest BCUT2D eigenvalue weighted by molar-refractivity contribution is -0.384. The molecule has 0 bridgehead atoms. The third-order valence-corrected chi connectivity index (χ3v) is 4.88. The normalized spacial score (nSPS) is 19.6. The number of anilines is 1. The van der Waals surface area contributed by atoms with Gasteiger partial charge in [-0.05, 0) is 18.9 Å². The van der Waals surface area contributed by atoms with E-state index in [2.05, 4.69) is 5.32 Å². The lowest BCUT2D eigenvalue weighted by Crippen LogP contribution is -2.44. The molecule has 2 rings (SSSR count). The Morgan fingerprint density at radius 2 is 2.18 bits per heavy atom. The zero-order valence-corrected chi connectivity index (χ0v) is 13.3. The second-order valence-electron chi connectivity index (χ2n) is 5.24. The van der Waals surface area contributed by atoms with E-state index >= 15 is 0 Å². The third kappa shape index (κ3) is 3.86. The fraction of sp³-hybridized carbons (Fsp3) is 0.538. The number of nitrogens with zero attached hydrogens (tertiary/aromatic N) is 2. The zero-order valence-electron chi connectivity index (χ0n) is 12.5. The molecule has 22 heavy (non-hydrogen) atoms. The van der Waals surface area contributed by atoms with Crippen LogP contribution in [0.15, 0.2) is 18.2 Å². The molecule has 0 aromatic heterocycles. The maximum Gasteiger partial charge on any atom is 0.292 e. The monoisotopic (exact) mass is 329 g/mol. The number of nitro groups is 1. The number of nitrogens with one attached hydrogen (secondary N) is 1. The van der Waals surface area contributed by atoms with Crippen LogP contribution in [0.3, 0.4) is 0 Å². The summed E-state index contributed by atoms with van der Waals surface area (Å²) in [6, 6.07) is 4.28. The number of benzene rings is 1. The number of methoxy groups -OCH3 is 1. The highest BCUT2D eigenvalue weighted by Gasteiger charge is 2.27. The van der Waals surface area contributed by atoms with Crippen molar-refractivity contribution < 1.29 is 18.1 Å². The van der Waals surface area contributed by atoms with Gasteiger partial charge in [-0.1, -0.05) is 0 Å². The van der Waals surface area contributed by atoms with Crippen molar-refractivity contribution in [1.82, 2.24) is 4.31 Å². The van der Waals surface area contributed by atoms with Crippen LogP contribution in [0.2, 0.25) is 0 Å². The number of hydrogen-bond acceptors (Lipinski definition) is 6. The second-order valence-corrected chi connectivity index (χ2v) is 7.23. The minimum atomic E-state index is -3.26. The lowest BCUT2D eigenvalue weighted by Gasteiger charge is -2.31. The maximum atomic E-state index is 11.6. The molecule has 1 N–H and O–H groups in total. The van der Waals surface area contributed by atoms with E-state index in [0.717, 1.165) is 6.42 Å². The first-order valence-corrected chi connectivity index (χ1v) is 8.70. The van der Waals surface area contributed by atoms with Gasteiger partial charge in [0.15, 0.2) is 0 Å². The van der Waals surface area contributed by atoms with Crippen molar-refractivity contribution in [3.8, 4) is 5.75 Å². The predicted molar refractivity (Wildman–Crippen MR) is 82.7 cm³/mol. The molecular weight excluding hydrogens is 310 g/mol. The van der Waals surface area contributed by atoms with E-state index in [1.807, 2.05) is 0 Å². The Bertz CT molecular complexity index is 662. The Hall–Kier alpha value is -1.87. The number of hydrogen-bond donors (Lipinski definition) is 1. The van der Waals surface area contributed by atoms with Crippen molar-refractivity contribution in [3.05, 3.63) is 28.3 Å². The Balaban J connectivity index is 2.20. The van der Waals surface area contributed by atoms with E-state index in [1.165, 1.54) is 29.8 Å². The number of piperidine rings is 1. The molecule has 0 radical (unpaired) electrons. The van der Waals surface area contributed by atoms with E-state index in [0.29, 0.717) is 30.9 Å². The summed E-state index contributed by atoms with van der Waals surface area (Å²) < 4.78 is 29.7. The van der Waals surface area contributed by atoms with Crippen LogP contribution in [-0.4, -0.2) is 50.1 Å². The quantitative estimate of drug-likeness (QED) is 0.648. The van der Waals surface area contributed by atoms with E-state index in [1.54, 1.807) is 6.07 Å². The lowest BCUT2D eigenvalue weighted by atomic mass is 10.1. The van der Waals surface area contributed by atoms with Gasteiger partial charge in [-0.3, -0.25) is 10.1 Å². The minimum Gasteiger partial charge on any atom is -0.497 e. The SMILES string of the molecule is COc1ccc([N+](=O)[O-])c(N[C@@H]2CCCN(S(C)(=O)=O)C2)c1. The summed E-state index contributed by atoms with van der Waals surface area (Å²) in [5.41, 5.74) is 0.280. The molecule has 1 aliphatic heterocycles. The van der Waals surface area contributed by atoms with Crippen molar-refractivity contribution in [2.24, 2.45) is 0 Å². The second kappa shape index (κ2) is 6.49. The molecule has 0 saturated carbocycles. The smallest absolute Gasteiger partial charge is 0.292 e. The van der Waals surface area contributed by atoms with Crippen LogP contribution in [-0.2, 0) is 10.0 Å². The summed E-state index contributed by atoms with van der Waals surface area (Å²) in [4.78, 5) is 10.6. The van der Waals surface area contributed by atoms with Gasteiger partial charge in [-0.2, -0.15) is 0 Å². The van der Waals surface area contributed by atoms with E-state index < -0.39 is 14.9 Å². The molecule has 1 aliphatic rings. The molecule has 1 heterocycles. The minimum absolute atomic E-state index is 0.0581. The Kier molecular flexibility index (Phi) is 4.87. The van der Waals surface area contributed by atoms with Gasteiger partial charge in [0.1, 0.15) is 11.4 Å². The van der Waals surface area contributed by atoms with E-state index in [9.17, 15) is 18.5 Å². The molecule has 122 valence electrons. The van der Waals surface area contributed by atoms with Crippen LogP contribution in [0.5, 0.6) is 5.75 Å². The van der Waals surface area contributed by atoms with Crippen LogP contribution < -0.4 is 10.1 Å².